The quantitative estimate of drug-likeness (QED) is 0.0513. The van der Waals surface area contributed by atoms with Crippen LogP contribution in [0.2, 0.25) is 0 Å². The van der Waals surface area contributed by atoms with Crippen LogP contribution in [0.15, 0.2) is 0 Å². The summed E-state index contributed by atoms with van der Waals surface area (Å²) in [5, 5.41) is 0. The fourth-order valence-corrected chi connectivity index (χ4v) is 5.98. The van der Waals surface area contributed by atoms with Crippen LogP contribution >= 0.6 is 0 Å². The molecule has 0 aliphatic carbocycles. The molecule has 0 aliphatic rings. The third kappa shape index (κ3) is 38.0. The average Bonchev–Trinajstić information content (AvgIpc) is 3.02. The smallest absolute Gasteiger partial charge is 0.386 e. The molecule has 0 saturated carbocycles. The van der Waals surface area contributed by atoms with Crippen LogP contribution in [0.4, 0.5) is 0 Å². The van der Waals surface area contributed by atoms with Crippen molar-refractivity contribution in [2.45, 2.75) is 233 Å². The van der Waals surface area contributed by atoms with Gasteiger partial charge in [0.2, 0.25) is 0 Å². The van der Waals surface area contributed by atoms with Crippen LogP contribution in [-0.2, 0) is 14.0 Å². The topological polar surface area (TPSA) is 27.7 Å². The van der Waals surface area contributed by atoms with Crippen LogP contribution in [0, 0.1) is 0 Å². The van der Waals surface area contributed by atoms with Crippen LogP contribution in [0.3, 0.4) is 0 Å². The van der Waals surface area contributed by atoms with Gasteiger partial charge in [-0.15, -0.1) is 0 Å². The van der Waals surface area contributed by atoms with Crippen LogP contribution in [0.5, 0.6) is 0 Å². The van der Waals surface area contributed by atoms with Gasteiger partial charge in [0.15, 0.2) is 0 Å². The van der Waals surface area contributed by atoms with Crippen molar-refractivity contribution >= 4 is 7.32 Å². The van der Waals surface area contributed by atoms with E-state index in [0.717, 1.165) is 39.1 Å². The molecule has 0 heterocycles. The fourth-order valence-electron chi connectivity index (χ4n) is 5.98. The average molecular weight is 609 g/mol. The van der Waals surface area contributed by atoms with E-state index in [1.807, 2.05) is 0 Å². The number of rotatable bonds is 39. The van der Waals surface area contributed by atoms with Gasteiger partial charge in [-0.3, -0.25) is 0 Å². The molecule has 0 N–H and O–H groups in total. The van der Waals surface area contributed by atoms with Crippen molar-refractivity contribution in [1.82, 2.24) is 0 Å². The third-order valence-corrected chi connectivity index (χ3v) is 9.01. The molecule has 0 rings (SSSR count). The first-order valence-electron chi connectivity index (χ1n) is 20.2. The molecule has 4 heteroatoms. The van der Waals surface area contributed by atoms with E-state index in [0.29, 0.717) is 0 Å². The molecule has 0 amide bonds. The summed E-state index contributed by atoms with van der Waals surface area (Å²) >= 11 is 0. The van der Waals surface area contributed by atoms with Gasteiger partial charge in [0, 0.05) is 19.8 Å². The van der Waals surface area contributed by atoms with Crippen molar-refractivity contribution in [2.24, 2.45) is 0 Å². The second-order valence-electron chi connectivity index (χ2n) is 13.5. The standard InChI is InChI=1S/C39H81BO3/c1-4-7-10-13-16-19-22-25-28-31-34-37-41-40(42-38-35-32-29-26-23-20-17-14-11-8-5-2)43-39-36-33-30-27-24-21-18-15-12-9-6-3/h4-39H2,1-3H3. The molecule has 0 aromatic carbocycles. The lowest BCUT2D eigenvalue weighted by molar-refractivity contribution is 0.0885. The molecule has 3 nitrogen and oxygen atoms in total. The van der Waals surface area contributed by atoms with Gasteiger partial charge in [-0.25, -0.2) is 0 Å². The highest BCUT2D eigenvalue weighted by Crippen LogP contribution is 2.14. The Labute approximate surface area is 273 Å². The zero-order valence-electron chi connectivity index (χ0n) is 30.3. The summed E-state index contributed by atoms with van der Waals surface area (Å²) in [7, 11) is -0.464. The Morgan fingerprint density at radius 3 is 0.581 bits per heavy atom. The second-order valence-corrected chi connectivity index (χ2v) is 13.5. The first-order chi connectivity index (χ1) is 21.3. The minimum atomic E-state index is -0.464. The van der Waals surface area contributed by atoms with E-state index in [2.05, 4.69) is 20.8 Å². The maximum atomic E-state index is 6.08. The van der Waals surface area contributed by atoms with Crippen molar-refractivity contribution < 1.29 is 14.0 Å². The molecule has 0 spiro atoms. The Bertz CT molecular complexity index is 409. The molecule has 0 unspecified atom stereocenters. The Morgan fingerprint density at radius 1 is 0.233 bits per heavy atom. The number of hydrogen-bond donors (Lipinski definition) is 0. The zero-order valence-corrected chi connectivity index (χ0v) is 30.3. The van der Waals surface area contributed by atoms with Crippen molar-refractivity contribution in [2.75, 3.05) is 19.8 Å². The van der Waals surface area contributed by atoms with Crippen LogP contribution in [0.25, 0.3) is 0 Å². The van der Waals surface area contributed by atoms with Crippen molar-refractivity contribution in [3.8, 4) is 0 Å². The first-order valence-corrected chi connectivity index (χ1v) is 20.2. The molecule has 258 valence electrons. The lowest BCUT2D eigenvalue weighted by atomic mass is 10.1. The monoisotopic (exact) mass is 609 g/mol. The van der Waals surface area contributed by atoms with Gasteiger partial charge in [-0.2, -0.15) is 0 Å². The van der Waals surface area contributed by atoms with Crippen molar-refractivity contribution in [3.05, 3.63) is 0 Å². The maximum absolute atomic E-state index is 6.08. The first kappa shape index (κ1) is 42.9. The molecule has 0 aromatic heterocycles. The summed E-state index contributed by atoms with van der Waals surface area (Å²) in [6.45, 7) is 9.17. The van der Waals surface area contributed by atoms with Gasteiger partial charge in [-0.05, 0) is 19.3 Å². The van der Waals surface area contributed by atoms with Crippen molar-refractivity contribution in [3.63, 3.8) is 0 Å². The largest absolute Gasteiger partial charge is 0.639 e. The molecule has 0 bridgehead atoms. The van der Waals surface area contributed by atoms with E-state index in [1.165, 1.54) is 193 Å². The van der Waals surface area contributed by atoms with Crippen LogP contribution in [-0.4, -0.2) is 27.1 Å². The van der Waals surface area contributed by atoms with E-state index in [-0.39, 0.29) is 0 Å². The number of hydrogen-bond acceptors (Lipinski definition) is 3. The Hall–Kier alpha value is -0.0551. The maximum Gasteiger partial charge on any atom is 0.639 e. The summed E-state index contributed by atoms with van der Waals surface area (Å²) in [6.07, 6.45) is 44.9. The molecular formula is C39H81BO3. The van der Waals surface area contributed by atoms with E-state index >= 15 is 0 Å². The Balaban J connectivity index is 3.90. The molecule has 0 aromatic rings. The van der Waals surface area contributed by atoms with Gasteiger partial charge < -0.3 is 14.0 Å². The molecule has 0 aliphatic heterocycles. The van der Waals surface area contributed by atoms with Gasteiger partial charge in [0.1, 0.15) is 0 Å². The summed E-state index contributed by atoms with van der Waals surface area (Å²) < 4.78 is 18.2. The van der Waals surface area contributed by atoms with E-state index in [4.69, 9.17) is 14.0 Å². The summed E-state index contributed by atoms with van der Waals surface area (Å²) in [5.41, 5.74) is 0. The molecule has 43 heavy (non-hydrogen) atoms. The molecular weight excluding hydrogens is 527 g/mol. The summed E-state index contributed by atoms with van der Waals surface area (Å²) in [4.78, 5) is 0. The highest BCUT2D eigenvalue weighted by atomic mass is 16.7. The van der Waals surface area contributed by atoms with Crippen LogP contribution < -0.4 is 0 Å². The lowest BCUT2D eigenvalue weighted by Gasteiger charge is -2.15. The minimum Gasteiger partial charge on any atom is -0.386 e. The molecule has 0 atom stereocenters. The van der Waals surface area contributed by atoms with E-state index < -0.39 is 7.32 Å². The van der Waals surface area contributed by atoms with Gasteiger partial charge in [0.25, 0.3) is 0 Å². The fraction of sp³-hybridized carbons (Fsp3) is 1.00. The SMILES string of the molecule is CCCCCCCCCCCCCOB(OCCCCCCCCCCCCC)OCCCCCCCCCCCCC. The summed E-state index contributed by atoms with van der Waals surface area (Å²) in [5.74, 6) is 0. The highest BCUT2D eigenvalue weighted by molar-refractivity contribution is 6.36. The van der Waals surface area contributed by atoms with E-state index in [1.54, 1.807) is 0 Å². The minimum absolute atomic E-state index is 0.464. The lowest BCUT2D eigenvalue weighted by Crippen LogP contribution is -2.28. The predicted octanol–water partition coefficient (Wildman–Crippen LogP) is 14.0. The molecule has 0 saturated heterocycles. The zero-order chi connectivity index (χ0) is 31.2. The molecule has 0 radical (unpaired) electrons. The Kier molecular flexibility index (Phi) is 39.9. The van der Waals surface area contributed by atoms with Crippen molar-refractivity contribution in [1.29, 1.82) is 0 Å². The van der Waals surface area contributed by atoms with E-state index in [9.17, 15) is 0 Å². The second kappa shape index (κ2) is 40.0. The predicted molar refractivity (Wildman–Crippen MR) is 193 cm³/mol. The molecule has 0 fully saturated rings. The normalized spacial score (nSPS) is 11.5. The van der Waals surface area contributed by atoms with Gasteiger partial charge in [-0.1, -0.05) is 213 Å². The highest BCUT2D eigenvalue weighted by Gasteiger charge is 2.20. The van der Waals surface area contributed by atoms with Gasteiger partial charge in [0.05, 0.1) is 0 Å². The van der Waals surface area contributed by atoms with Crippen LogP contribution in [0.1, 0.15) is 233 Å². The van der Waals surface area contributed by atoms with Gasteiger partial charge >= 0.3 is 7.32 Å². The third-order valence-electron chi connectivity index (χ3n) is 9.01. The number of unbranched alkanes of at least 4 members (excludes halogenated alkanes) is 30. The Morgan fingerprint density at radius 2 is 0.395 bits per heavy atom. The summed E-state index contributed by atoms with van der Waals surface area (Å²) in [6, 6.07) is 0.